The van der Waals surface area contributed by atoms with Crippen molar-refractivity contribution < 1.29 is 37.1 Å². The summed E-state index contributed by atoms with van der Waals surface area (Å²) in [4.78, 5) is 40.7. The van der Waals surface area contributed by atoms with Gasteiger partial charge in [-0.1, -0.05) is 23.7 Å². The Morgan fingerprint density at radius 3 is 2.54 bits per heavy atom. The number of benzene rings is 2. The number of rotatable bonds is 8. The number of carboxylic acid groups (broad SMARTS) is 1. The molecule has 46 heavy (non-hydrogen) atoms. The summed E-state index contributed by atoms with van der Waals surface area (Å²) < 4.78 is 60.7. The van der Waals surface area contributed by atoms with E-state index in [9.17, 15) is 32.7 Å². The fourth-order valence-electron chi connectivity index (χ4n) is 6.23. The first-order valence-corrected chi connectivity index (χ1v) is 15.0. The largest absolute Gasteiger partial charge is 0.478 e. The van der Waals surface area contributed by atoms with E-state index in [2.05, 4.69) is 10.2 Å². The summed E-state index contributed by atoms with van der Waals surface area (Å²) in [6, 6.07) is 8.96. The highest BCUT2D eigenvalue weighted by atomic mass is 35.5. The molecule has 1 atom stereocenters. The van der Waals surface area contributed by atoms with Gasteiger partial charge < -0.3 is 10.0 Å². The van der Waals surface area contributed by atoms with Crippen LogP contribution in [0.5, 0.6) is 0 Å². The molecule has 9 nitrogen and oxygen atoms in total. The summed E-state index contributed by atoms with van der Waals surface area (Å²) >= 11 is 6.42. The van der Waals surface area contributed by atoms with Gasteiger partial charge in [-0.3, -0.25) is 14.3 Å². The Morgan fingerprint density at radius 2 is 1.91 bits per heavy atom. The molecule has 2 aliphatic rings. The summed E-state index contributed by atoms with van der Waals surface area (Å²) in [5.74, 6) is -3.97. The van der Waals surface area contributed by atoms with Crippen LogP contribution in [0.4, 0.5) is 17.6 Å². The first-order chi connectivity index (χ1) is 21.8. The number of aromatic carboxylic acids is 1. The maximum atomic E-state index is 15.3. The van der Waals surface area contributed by atoms with Crippen molar-refractivity contribution in [1.29, 1.82) is 0 Å². The van der Waals surface area contributed by atoms with Gasteiger partial charge in [0.1, 0.15) is 5.82 Å². The summed E-state index contributed by atoms with van der Waals surface area (Å²) in [6.45, 7) is 0.812. The van der Waals surface area contributed by atoms with Gasteiger partial charge in [0, 0.05) is 49.5 Å². The monoisotopic (exact) mass is 657 g/mol. The minimum absolute atomic E-state index is 0.0119. The fourth-order valence-corrected chi connectivity index (χ4v) is 6.49. The van der Waals surface area contributed by atoms with Gasteiger partial charge in [-0.25, -0.2) is 9.18 Å². The van der Waals surface area contributed by atoms with Crippen LogP contribution in [0, 0.1) is 11.7 Å². The molecule has 0 unspecified atom stereocenters. The molecule has 240 valence electrons. The van der Waals surface area contributed by atoms with E-state index in [0.717, 1.165) is 10.7 Å². The Bertz CT molecular complexity index is 1850. The molecule has 6 rings (SSSR count). The summed E-state index contributed by atoms with van der Waals surface area (Å²) in [5.41, 5.74) is -2.48. The minimum atomic E-state index is -4.63. The number of hydrogen-bond acceptors (Lipinski definition) is 5. The number of carbonyl (C=O) groups is 3. The summed E-state index contributed by atoms with van der Waals surface area (Å²) in [7, 11) is 1.65. The molecule has 0 radical (unpaired) electrons. The fraction of sp³-hybridized carbons (Fsp3) is 0.344. The molecule has 0 bridgehead atoms. The van der Waals surface area contributed by atoms with Crippen molar-refractivity contribution >= 4 is 29.4 Å². The van der Waals surface area contributed by atoms with E-state index in [1.807, 2.05) is 0 Å². The lowest BCUT2D eigenvalue weighted by Gasteiger charge is -2.27. The zero-order valence-corrected chi connectivity index (χ0v) is 25.3. The molecule has 2 heterocycles. The lowest BCUT2D eigenvalue weighted by Crippen LogP contribution is -2.38. The van der Waals surface area contributed by atoms with E-state index in [1.54, 1.807) is 35.1 Å². The van der Waals surface area contributed by atoms with Gasteiger partial charge in [0.15, 0.2) is 0 Å². The lowest BCUT2D eigenvalue weighted by atomic mass is 9.84. The van der Waals surface area contributed by atoms with Crippen LogP contribution in [0.25, 0.3) is 11.3 Å². The Hall–Kier alpha value is -4.52. The maximum Gasteiger partial charge on any atom is 0.398 e. The summed E-state index contributed by atoms with van der Waals surface area (Å²) in [5, 5.41) is 17.7. The van der Waals surface area contributed by atoms with E-state index in [-0.39, 0.29) is 70.3 Å². The van der Waals surface area contributed by atoms with Gasteiger partial charge in [-0.05, 0) is 61.6 Å². The number of carbonyl (C=O) groups excluding carboxylic acids is 2. The highest BCUT2D eigenvalue weighted by Crippen LogP contribution is 2.60. The average Bonchev–Trinajstić information content (AvgIpc) is 3.53. The van der Waals surface area contributed by atoms with Crippen LogP contribution in [0.3, 0.4) is 0 Å². The van der Waals surface area contributed by atoms with Crippen LogP contribution >= 0.6 is 11.6 Å². The van der Waals surface area contributed by atoms with E-state index < -0.39 is 35.2 Å². The van der Waals surface area contributed by atoms with Crippen molar-refractivity contribution in [3.8, 4) is 11.3 Å². The van der Waals surface area contributed by atoms with Gasteiger partial charge in [0.25, 0.3) is 5.91 Å². The first kappa shape index (κ1) is 31.5. The first-order valence-electron chi connectivity index (χ1n) is 14.6. The zero-order valence-electron chi connectivity index (χ0n) is 24.5. The van der Waals surface area contributed by atoms with Crippen molar-refractivity contribution in [3.63, 3.8) is 0 Å². The Morgan fingerprint density at radius 1 is 1.15 bits per heavy atom. The number of amides is 1. The van der Waals surface area contributed by atoms with Crippen LogP contribution in [-0.2, 0) is 29.6 Å². The van der Waals surface area contributed by atoms with Crippen molar-refractivity contribution in [1.82, 2.24) is 24.5 Å². The van der Waals surface area contributed by atoms with Crippen LogP contribution in [-0.4, -0.2) is 67.1 Å². The molecule has 1 fully saturated rings. The van der Waals surface area contributed by atoms with Crippen LogP contribution in [0.15, 0.2) is 54.9 Å². The number of nitrogens with zero attached hydrogens (tertiary/aromatic N) is 5. The van der Waals surface area contributed by atoms with Crippen LogP contribution in [0.1, 0.15) is 56.8 Å². The van der Waals surface area contributed by atoms with E-state index >= 15 is 4.39 Å². The molecule has 1 N–H and O–H groups in total. The molecule has 1 amide bonds. The third kappa shape index (κ3) is 5.46. The Kier molecular flexibility index (Phi) is 7.99. The molecule has 0 saturated heterocycles. The number of carboxylic acids is 1. The van der Waals surface area contributed by atoms with Crippen molar-refractivity contribution in [2.75, 3.05) is 13.6 Å². The molecule has 14 heteroatoms. The van der Waals surface area contributed by atoms with Gasteiger partial charge >= 0.3 is 12.1 Å². The highest BCUT2D eigenvalue weighted by molar-refractivity contribution is 6.34. The number of hydrogen-bond donors (Lipinski definition) is 1. The van der Waals surface area contributed by atoms with Gasteiger partial charge in [-0.2, -0.15) is 28.1 Å². The number of halogens is 5. The third-order valence-corrected chi connectivity index (χ3v) is 9.24. The summed E-state index contributed by atoms with van der Waals surface area (Å²) in [6.07, 6.45) is -1.08. The number of likely N-dealkylation sites (N-methyl/N-ethyl adjacent to an activating group) is 1. The number of aromatic nitrogens is 4. The minimum Gasteiger partial charge on any atom is -0.478 e. The molecular weight excluding hydrogens is 630 g/mol. The van der Waals surface area contributed by atoms with Crippen molar-refractivity contribution in [2.24, 2.45) is 5.92 Å². The molecule has 0 aliphatic heterocycles. The smallest absolute Gasteiger partial charge is 0.398 e. The lowest BCUT2D eigenvalue weighted by molar-refractivity contribution is -0.160. The van der Waals surface area contributed by atoms with Crippen molar-refractivity contribution in [3.05, 3.63) is 93.6 Å². The molecule has 2 aromatic heterocycles. The Balaban J connectivity index is 1.42. The average molecular weight is 658 g/mol. The van der Waals surface area contributed by atoms with E-state index in [1.165, 1.54) is 30.3 Å². The quantitative estimate of drug-likeness (QED) is 0.241. The molecule has 4 aromatic rings. The molecule has 1 saturated carbocycles. The highest BCUT2D eigenvalue weighted by Gasteiger charge is 2.65. The second-order valence-corrected chi connectivity index (χ2v) is 12.1. The standard InChI is InChI=1S/C32H28ClF4N5O4/c1-40(14-15-41-13-3-12-38-41)28(43)18-6-9-21-25(17-18)42(39-27(21)20-8-7-19(30(45)46)16-24(20)34)29(44)26-22(4-2-5-23(26)33)31(10-11-31)32(35,36)37/h2-5,7-8,12-13,16,18H,6,9-11,14-15,17H2,1H3,(H,45,46)/t18-/m0/s1. The Labute approximate surface area is 265 Å². The maximum absolute atomic E-state index is 15.3. The SMILES string of the molecule is CN(CCn1cccn1)C(=O)[C@H]1CCc2c(-c3ccc(C(=O)O)cc3F)nn(C(=O)c3c(Cl)cccc3C3(C(F)(F)F)CC3)c2C1. The molecule has 2 aliphatic carbocycles. The normalized spacial score (nSPS) is 17.0. The third-order valence-electron chi connectivity index (χ3n) is 8.92. The topological polar surface area (TPSA) is 110 Å². The second kappa shape index (κ2) is 11.7. The molecule has 2 aromatic carbocycles. The van der Waals surface area contributed by atoms with Gasteiger partial charge in [-0.15, -0.1) is 0 Å². The van der Waals surface area contributed by atoms with Gasteiger partial charge in [0.2, 0.25) is 5.91 Å². The molecular formula is C32H28ClF4N5O4. The van der Waals surface area contributed by atoms with Crippen molar-refractivity contribution in [2.45, 2.75) is 50.2 Å². The zero-order chi connectivity index (χ0) is 33.0. The van der Waals surface area contributed by atoms with E-state index in [4.69, 9.17) is 11.6 Å². The number of fused-ring (bicyclic) bond motifs is 1. The predicted molar refractivity (Wildman–Crippen MR) is 158 cm³/mol. The molecule has 0 spiro atoms. The van der Waals surface area contributed by atoms with Crippen LogP contribution < -0.4 is 0 Å². The predicted octanol–water partition coefficient (Wildman–Crippen LogP) is 5.78. The van der Waals surface area contributed by atoms with Crippen LogP contribution in [0.2, 0.25) is 5.02 Å². The van der Waals surface area contributed by atoms with Gasteiger partial charge in [0.05, 0.1) is 39.5 Å². The number of alkyl halides is 3. The second-order valence-electron chi connectivity index (χ2n) is 11.7. The van der Waals surface area contributed by atoms with E-state index in [0.29, 0.717) is 25.1 Å².